The molecule has 2 atom stereocenters. The predicted octanol–water partition coefficient (Wildman–Crippen LogP) is 3.56. The van der Waals surface area contributed by atoms with Crippen molar-refractivity contribution in [3.05, 3.63) is 28.7 Å². The molecule has 0 unspecified atom stereocenters. The standard InChI is InChI=1S/C20H26N2O4S/c1-5-24-16-8-7-15(17(10-16)25-6-2)9-18-19(23)21-20(27-18)22-11-13(3)26-14(4)12-22/h7-10,13-14H,5-6,11-12H2,1-4H3/b18-9-/t13-,14-/m0/s1. The quantitative estimate of drug-likeness (QED) is 0.717. The highest BCUT2D eigenvalue weighted by Gasteiger charge is 2.31. The van der Waals surface area contributed by atoms with Crippen LogP contribution in [0, 0.1) is 0 Å². The Morgan fingerprint density at radius 1 is 1.22 bits per heavy atom. The number of hydrogen-bond donors (Lipinski definition) is 0. The number of hydrogen-bond acceptors (Lipinski definition) is 6. The number of carbonyl (C=O) groups is 1. The van der Waals surface area contributed by atoms with Gasteiger partial charge in [0.1, 0.15) is 11.5 Å². The molecule has 0 aliphatic carbocycles. The minimum absolute atomic E-state index is 0.121. The zero-order valence-corrected chi connectivity index (χ0v) is 17.0. The van der Waals surface area contributed by atoms with E-state index < -0.39 is 0 Å². The van der Waals surface area contributed by atoms with Crippen LogP contribution in [-0.4, -0.2) is 54.5 Å². The van der Waals surface area contributed by atoms with Gasteiger partial charge in [-0.15, -0.1) is 0 Å². The van der Waals surface area contributed by atoms with Crippen molar-refractivity contribution in [2.24, 2.45) is 4.99 Å². The van der Waals surface area contributed by atoms with Gasteiger partial charge in [0.25, 0.3) is 5.91 Å². The van der Waals surface area contributed by atoms with Crippen molar-refractivity contribution < 1.29 is 19.0 Å². The van der Waals surface area contributed by atoms with Crippen LogP contribution in [0.15, 0.2) is 28.1 Å². The minimum atomic E-state index is -0.210. The second kappa shape index (κ2) is 8.80. The van der Waals surface area contributed by atoms with E-state index in [9.17, 15) is 4.79 Å². The minimum Gasteiger partial charge on any atom is -0.494 e. The Morgan fingerprint density at radius 3 is 2.59 bits per heavy atom. The van der Waals surface area contributed by atoms with Gasteiger partial charge < -0.3 is 19.1 Å². The van der Waals surface area contributed by atoms with Crippen LogP contribution in [0.2, 0.25) is 0 Å². The first-order valence-electron chi connectivity index (χ1n) is 9.32. The Balaban J connectivity index is 1.79. The van der Waals surface area contributed by atoms with E-state index in [-0.39, 0.29) is 18.1 Å². The van der Waals surface area contributed by atoms with E-state index >= 15 is 0 Å². The third-order valence-corrected chi connectivity index (χ3v) is 5.23. The van der Waals surface area contributed by atoms with Gasteiger partial charge in [-0.3, -0.25) is 4.79 Å². The van der Waals surface area contributed by atoms with Crippen LogP contribution in [-0.2, 0) is 9.53 Å². The first kappa shape index (κ1) is 19.8. The van der Waals surface area contributed by atoms with Crippen LogP contribution in [0.3, 0.4) is 0 Å². The van der Waals surface area contributed by atoms with Crippen molar-refractivity contribution in [1.29, 1.82) is 0 Å². The van der Waals surface area contributed by atoms with Gasteiger partial charge in [-0.1, -0.05) is 0 Å². The summed E-state index contributed by atoms with van der Waals surface area (Å²) in [6.45, 7) is 10.6. The summed E-state index contributed by atoms with van der Waals surface area (Å²) >= 11 is 1.41. The molecule has 0 spiro atoms. The van der Waals surface area contributed by atoms with Crippen molar-refractivity contribution in [3.63, 3.8) is 0 Å². The molecule has 2 heterocycles. The van der Waals surface area contributed by atoms with E-state index in [1.54, 1.807) is 0 Å². The van der Waals surface area contributed by atoms with Crippen LogP contribution >= 0.6 is 11.8 Å². The van der Waals surface area contributed by atoms with Gasteiger partial charge >= 0.3 is 0 Å². The van der Waals surface area contributed by atoms with Crippen molar-refractivity contribution in [3.8, 4) is 11.5 Å². The average molecular weight is 391 g/mol. The van der Waals surface area contributed by atoms with Gasteiger partial charge in [-0.2, -0.15) is 4.99 Å². The lowest BCUT2D eigenvalue weighted by Crippen LogP contribution is -2.47. The maximum absolute atomic E-state index is 12.4. The molecular weight excluding hydrogens is 364 g/mol. The Kier molecular flexibility index (Phi) is 6.44. The number of amidine groups is 1. The maximum Gasteiger partial charge on any atom is 0.286 e. The molecule has 2 aliphatic rings. The summed E-state index contributed by atoms with van der Waals surface area (Å²) < 4.78 is 17.0. The average Bonchev–Trinajstić information content (AvgIpc) is 2.98. The number of benzene rings is 1. The summed E-state index contributed by atoms with van der Waals surface area (Å²) in [6, 6.07) is 5.65. The van der Waals surface area contributed by atoms with Crippen LogP contribution in [0.1, 0.15) is 33.3 Å². The molecule has 1 aromatic rings. The van der Waals surface area contributed by atoms with Crippen molar-refractivity contribution >= 4 is 28.9 Å². The number of nitrogens with zero attached hydrogens (tertiary/aromatic N) is 2. The molecule has 0 saturated carbocycles. The van der Waals surface area contributed by atoms with Crippen LogP contribution in [0.5, 0.6) is 11.5 Å². The highest BCUT2D eigenvalue weighted by molar-refractivity contribution is 8.18. The van der Waals surface area contributed by atoms with Crippen LogP contribution in [0.25, 0.3) is 6.08 Å². The van der Waals surface area contributed by atoms with E-state index in [1.807, 2.05) is 52.0 Å². The number of rotatable bonds is 5. The zero-order valence-electron chi connectivity index (χ0n) is 16.2. The number of thioether (sulfide) groups is 1. The number of amides is 1. The third-order valence-electron chi connectivity index (χ3n) is 4.18. The van der Waals surface area contributed by atoms with E-state index in [2.05, 4.69) is 9.89 Å². The van der Waals surface area contributed by atoms with E-state index in [1.165, 1.54) is 11.8 Å². The lowest BCUT2D eigenvalue weighted by molar-refractivity contribution is -0.113. The van der Waals surface area contributed by atoms with E-state index in [0.29, 0.717) is 23.9 Å². The van der Waals surface area contributed by atoms with Crippen molar-refractivity contribution in [2.75, 3.05) is 26.3 Å². The lowest BCUT2D eigenvalue weighted by atomic mass is 10.1. The second-order valence-electron chi connectivity index (χ2n) is 6.54. The van der Waals surface area contributed by atoms with Gasteiger partial charge in [-0.25, -0.2) is 0 Å². The molecule has 6 nitrogen and oxygen atoms in total. The summed E-state index contributed by atoms with van der Waals surface area (Å²) in [7, 11) is 0. The van der Waals surface area contributed by atoms with Gasteiger partial charge in [0.05, 0.1) is 30.3 Å². The Labute approximate surface area is 164 Å². The van der Waals surface area contributed by atoms with E-state index in [4.69, 9.17) is 14.2 Å². The number of morpholine rings is 1. The molecule has 0 radical (unpaired) electrons. The van der Waals surface area contributed by atoms with Gasteiger partial charge in [0.15, 0.2) is 5.17 Å². The summed E-state index contributed by atoms with van der Waals surface area (Å²) in [4.78, 5) is 19.4. The summed E-state index contributed by atoms with van der Waals surface area (Å²) in [5.41, 5.74) is 0.844. The number of carbonyl (C=O) groups excluding carboxylic acids is 1. The zero-order chi connectivity index (χ0) is 19.4. The Morgan fingerprint density at radius 2 is 1.93 bits per heavy atom. The molecular formula is C20H26N2O4S. The van der Waals surface area contributed by atoms with Crippen molar-refractivity contribution in [2.45, 2.75) is 39.9 Å². The molecule has 1 fully saturated rings. The highest BCUT2D eigenvalue weighted by atomic mass is 32.2. The fourth-order valence-corrected chi connectivity index (χ4v) is 4.10. The topological polar surface area (TPSA) is 60.4 Å². The Bertz CT molecular complexity index is 752. The van der Waals surface area contributed by atoms with Crippen molar-refractivity contribution in [1.82, 2.24) is 4.90 Å². The molecule has 146 valence electrons. The molecule has 0 aromatic heterocycles. The number of ether oxygens (including phenoxy) is 3. The summed E-state index contributed by atoms with van der Waals surface area (Å²) in [5.74, 6) is 1.24. The maximum atomic E-state index is 12.4. The molecule has 7 heteroatoms. The molecule has 1 aromatic carbocycles. The molecule has 27 heavy (non-hydrogen) atoms. The van der Waals surface area contributed by atoms with Gasteiger partial charge in [0, 0.05) is 24.7 Å². The largest absolute Gasteiger partial charge is 0.494 e. The summed E-state index contributed by atoms with van der Waals surface area (Å²) in [5, 5.41) is 0.747. The van der Waals surface area contributed by atoms with E-state index in [0.717, 1.165) is 29.6 Å². The highest BCUT2D eigenvalue weighted by Crippen LogP contribution is 2.34. The normalized spacial score (nSPS) is 24.3. The fraction of sp³-hybridized carbons (Fsp3) is 0.500. The number of aliphatic imine (C=N–C) groups is 1. The monoisotopic (exact) mass is 390 g/mol. The molecule has 3 rings (SSSR count). The first-order valence-corrected chi connectivity index (χ1v) is 10.1. The first-order chi connectivity index (χ1) is 13.0. The SMILES string of the molecule is CCOc1ccc(/C=C2\SC(N3C[C@H](C)O[C@@H](C)C3)=NC2=O)c(OCC)c1. The smallest absolute Gasteiger partial charge is 0.286 e. The fourth-order valence-electron chi connectivity index (χ4n) is 3.18. The second-order valence-corrected chi connectivity index (χ2v) is 7.55. The molecule has 0 bridgehead atoms. The molecule has 1 amide bonds. The lowest BCUT2D eigenvalue weighted by Gasteiger charge is -2.35. The van der Waals surface area contributed by atoms with Gasteiger partial charge in [0.2, 0.25) is 0 Å². The van der Waals surface area contributed by atoms with Gasteiger partial charge in [-0.05, 0) is 57.7 Å². The van der Waals surface area contributed by atoms with Crippen LogP contribution in [0.4, 0.5) is 0 Å². The van der Waals surface area contributed by atoms with Crippen LogP contribution < -0.4 is 9.47 Å². The summed E-state index contributed by atoms with van der Waals surface area (Å²) in [6.07, 6.45) is 2.09. The predicted molar refractivity (Wildman–Crippen MR) is 108 cm³/mol. The third kappa shape index (κ3) is 4.84. The molecule has 2 aliphatic heterocycles. The molecule has 1 saturated heterocycles. The molecule has 0 N–H and O–H groups in total. The Hall–Kier alpha value is -1.99.